The number of hydrogen-bond acceptors (Lipinski definition) is 3. The van der Waals surface area contributed by atoms with E-state index < -0.39 is 0 Å². The highest BCUT2D eigenvalue weighted by molar-refractivity contribution is 5.67. The number of nitrogens with zero attached hydrogens (tertiary/aromatic N) is 3. The first kappa shape index (κ1) is 17.0. The van der Waals surface area contributed by atoms with Gasteiger partial charge in [-0.3, -0.25) is 4.90 Å². The Morgan fingerprint density at radius 1 is 1.12 bits per heavy atom. The summed E-state index contributed by atoms with van der Waals surface area (Å²) in [6.45, 7) is 0.794. The zero-order chi connectivity index (χ0) is 18.1. The summed E-state index contributed by atoms with van der Waals surface area (Å²) < 4.78 is 15.4. The molecule has 1 aromatic carbocycles. The Kier molecular flexibility index (Phi) is 4.64. The first-order chi connectivity index (χ1) is 12.6. The summed E-state index contributed by atoms with van der Waals surface area (Å²) in [5, 5.41) is 0. The third-order valence-corrected chi connectivity index (χ3v) is 5.46. The summed E-state index contributed by atoms with van der Waals surface area (Å²) in [6.07, 6.45) is 8.39. The third kappa shape index (κ3) is 3.31. The number of fused-ring (bicyclic) bond motifs is 1. The average molecular weight is 352 g/mol. The normalized spacial score (nSPS) is 15.8. The van der Waals surface area contributed by atoms with Gasteiger partial charge in [-0.2, -0.15) is 0 Å². The van der Waals surface area contributed by atoms with Crippen LogP contribution in [0, 0.1) is 5.82 Å². The number of nitrogen functional groups attached to an aromatic ring is 1. The second kappa shape index (κ2) is 7.08. The molecule has 3 aromatic rings. The van der Waals surface area contributed by atoms with E-state index in [0.29, 0.717) is 11.7 Å². The molecule has 0 unspecified atom stereocenters. The predicted octanol–water partition coefficient (Wildman–Crippen LogP) is 4.49. The van der Waals surface area contributed by atoms with Crippen molar-refractivity contribution in [1.29, 1.82) is 0 Å². The van der Waals surface area contributed by atoms with Crippen molar-refractivity contribution in [1.82, 2.24) is 14.3 Å². The highest BCUT2D eigenvalue weighted by Gasteiger charge is 2.22. The predicted molar refractivity (Wildman–Crippen MR) is 103 cm³/mol. The highest BCUT2D eigenvalue weighted by Crippen LogP contribution is 2.29. The van der Waals surface area contributed by atoms with Crippen molar-refractivity contribution >= 4 is 11.3 Å². The van der Waals surface area contributed by atoms with Gasteiger partial charge in [-0.1, -0.05) is 19.3 Å². The second-order valence-electron chi connectivity index (χ2n) is 7.31. The maximum atomic E-state index is 13.4. The van der Waals surface area contributed by atoms with Gasteiger partial charge in [0.05, 0.1) is 11.4 Å². The van der Waals surface area contributed by atoms with Gasteiger partial charge in [-0.15, -0.1) is 0 Å². The van der Waals surface area contributed by atoms with Crippen LogP contribution < -0.4 is 5.73 Å². The van der Waals surface area contributed by atoms with Crippen LogP contribution in [0.25, 0.3) is 16.9 Å². The molecule has 2 heterocycles. The van der Waals surface area contributed by atoms with Gasteiger partial charge < -0.3 is 10.1 Å². The summed E-state index contributed by atoms with van der Waals surface area (Å²) >= 11 is 0. The highest BCUT2D eigenvalue weighted by atomic mass is 19.1. The molecule has 0 aliphatic heterocycles. The zero-order valence-corrected chi connectivity index (χ0v) is 15.2. The number of hydrogen-bond donors (Lipinski definition) is 1. The molecule has 0 bridgehead atoms. The van der Waals surface area contributed by atoms with Crippen LogP contribution in [0.1, 0.15) is 37.8 Å². The van der Waals surface area contributed by atoms with Gasteiger partial charge in [-0.05, 0) is 56.3 Å². The standard InChI is InChI=1S/C21H25FN4/c1-25(18-5-3-2-4-6-18)14-19-21(15-7-9-16(22)10-8-15)24-20-12-11-17(23)13-26(19)20/h7-13,18H,2-6,14,23H2,1H3. The number of pyridine rings is 1. The molecule has 1 aliphatic carbocycles. The Morgan fingerprint density at radius 2 is 1.85 bits per heavy atom. The van der Waals surface area contributed by atoms with Gasteiger partial charge in [0.2, 0.25) is 0 Å². The summed E-state index contributed by atoms with van der Waals surface area (Å²) in [5.41, 5.74) is 10.5. The Labute approximate surface area is 153 Å². The molecule has 1 fully saturated rings. The number of aromatic nitrogens is 2. The fourth-order valence-corrected chi connectivity index (χ4v) is 3.99. The molecule has 0 spiro atoms. The van der Waals surface area contributed by atoms with E-state index in [9.17, 15) is 4.39 Å². The van der Waals surface area contributed by atoms with Gasteiger partial charge in [-0.25, -0.2) is 9.37 Å². The summed E-state index contributed by atoms with van der Waals surface area (Å²) in [6, 6.07) is 11.0. The minimum atomic E-state index is -0.234. The lowest BCUT2D eigenvalue weighted by molar-refractivity contribution is 0.182. The van der Waals surface area contributed by atoms with Crippen LogP contribution in [0.5, 0.6) is 0 Å². The topological polar surface area (TPSA) is 46.6 Å². The van der Waals surface area contributed by atoms with E-state index in [0.717, 1.165) is 29.1 Å². The Balaban J connectivity index is 1.75. The zero-order valence-electron chi connectivity index (χ0n) is 15.2. The molecule has 5 heteroatoms. The van der Waals surface area contributed by atoms with E-state index in [4.69, 9.17) is 10.7 Å². The number of anilines is 1. The number of halogens is 1. The van der Waals surface area contributed by atoms with Gasteiger partial charge in [0.25, 0.3) is 0 Å². The van der Waals surface area contributed by atoms with Crippen molar-refractivity contribution in [2.24, 2.45) is 0 Å². The van der Waals surface area contributed by atoms with Crippen LogP contribution in [0.3, 0.4) is 0 Å². The van der Waals surface area contributed by atoms with Crippen LogP contribution in [0.15, 0.2) is 42.6 Å². The van der Waals surface area contributed by atoms with E-state index in [1.807, 2.05) is 18.3 Å². The molecule has 1 aliphatic rings. The first-order valence-electron chi connectivity index (χ1n) is 9.34. The lowest BCUT2D eigenvalue weighted by Gasteiger charge is -2.31. The Bertz CT molecular complexity index is 894. The monoisotopic (exact) mass is 352 g/mol. The van der Waals surface area contributed by atoms with Crippen molar-refractivity contribution in [2.75, 3.05) is 12.8 Å². The van der Waals surface area contributed by atoms with Crippen LogP contribution in [-0.4, -0.2) is 27.4 Å². The lowest BCUT2D eigenvalue weighted by atomic mass is 9.94. The number of benzene rings is 1. The molecule has 2 aromatic heterocycles. The molecule has 2 N–H and O–H groups in total. The van der Waals surface area contributed by atoms with Crippen molar-refractivity contribution in [3.05, 3.63) is 54.1 Å². The van der Waals surface area contributed by atoms with Crippen molar-refractivity contribution < 1.29 is 4.39 Å². The van der Waals surface area contributed by atoms with Crippen LogP contribution in [-0.2, 0) is 6.54 Å². The summed E-state index contributed by atoms with van der Waals surface area (Å²) in [7, 11) is 2.19. The lowest BCUT2D eigenvalue weighted by Crippen LogP contribution is -2.33. The molecular formula is C21H25FN4. The summed E-state index contributed by atoms with van der Waals surface area (Å²) in [5.74, 6) is -0.234. The maximum Gasteiger partial charge on any atom is 0.137 e. The fourth-order valence-electron chi connectivity index (χ4n) is 3.99. The average Bonchev–Trinajstić information content (AvgIpc) is 3.01. The molecule has 0 saturated heterocycles. The minimum Gasteiger partial charge on any atom is -0.398 e. The summed E-state index contributed by atoms with van der Waals surface area (Å²) in [4.78, 5) is 7.24. The van der Waals surface area contributed by atoms with E-state index in [-0.39, 0.29) is 5.82 Å². The van der Waals surface area contributed by atoms with Gasteiger partial charge >= 0.3 is 0 Å². The molecule has 0 atom stereocenters. The molecular weight excluding hydrogens is 327 g/mol. The van der Waals surface area contributed by atoms with Gasteiger partial charge in [0.1, 0.15) is 11.5 Å². The van der Waals surface area contributed by atoms with Crippen molar-refractivity contribution in [3.63, 3.8) is 0 Å². The number of imidazole rings is 1. The molecule has 136 valence electrons. The maximum absolute atomic E-state index is 13.4. The van der Waals surface area contributed by atoms with Crippen molar-refractivity contribution in [2.45, 2.75) is 44.7 Å². The molecule has 4 nitrogen and oxygen atoms in total. The molecule has 0 amide bonds. The SMILES string of the molecule is CN(Cc1c(-c2ccc(F)cc2)nc2ccc(N)cn12)C1CCCCC1. The smallest absolute Gasteiger partial charge is 0.137 e. The van der Waals surface area contributed by atoms with Crippen LogP contribution in [0.4, 0.5) is 10.1 Å². The number of nitrogens with two attached hydrogens (primary N) is 1. The first-order valence-corrected chi connectivity index (χ1v) is 9.34. The van der Waals surface area contributed by atoms with E-state index in [1.54, 1.807) is 12.1 Å². The molecule has 4 rings (SSSR count). The van der Waals surface area contributed by atoms with Crippen LogP contribution >= 0.6 is 0 Å². The fraction of sp³-hybridized carbons (Fsp3) is 0.381. The van der Waals surface area contributed by atoms with E-state index >= 15 is 0 Å². The minimum absolute atomic E-state index is 0.234. The van der Waals surface area contributed by atoms with Crippen molar-refractivity contribution in [3.8, 4) is 11.3 Å². The van der Waals surface area contributed by atoms with E-state index in [2.05, 4.69) is 16.3 Å². The molecule has 26 heavy (non-hydrogen) atoms. The van der Waals surface area contributed by atoms with Gasteiger partial charge in [0, 0.05) is 30.0 Å². The van der Waals surface area contributed by atoms with E-state index in [1.165, 1.54) is 44.2 Å². The Hall–Kier alpha value is -2.40. The quantitative estimate of drug-likeness (QED) is 0.753. The molecule has 1 saturated carbocycles. The van der Waals surface area contributed by atoms with Gasteiger partial charge in [0.15, 0.2) is 0 Å². The largest absolute Gasteiger partial charge is 0.398 e. The third-order valence-electron chi connectivity index (χ3n) is 5.46. The molecule has 0 radical (unpaired) electrons. The second-order valence-corrected chi connectivity index (χ2v) is 7.31. The van der Waals surface area contributed by atoms with Crippen LogP contribution in [0.2, 0.25) is 0 Å². The Morgan fingerprint density at radius 3 is 2.58 bits per heavy atom. The number of rotatable bonds is 4.